The quantitative estimate of drug-likeness (QED) is 0.695. The third-order valence-electron chi connectivity index (χ3n) is 3.54. The maximum Gasteiger partial charge on any atom is 0.0363 e. The van der Waals surface area contributed by atoms with Gasteiger partial charge >= 0.3 is 0 Å². The van der Waals surface area contributed by atoms with Crippen molar-refractivity contribution in [1.82, 2.24) is 15.3 Å². The Hall–Kier alpha value is -0.160. The Morgan fingerprint density at radius 2 is 1.88 bits per heavy atom. The zero-order chi connectivity index (χ0) is 12.0. The monoisotopic (exact) mass is 228 g/mol. The fourth-order valence-electron chi connectivity index (χ4n) is 2.24. The lowest BCUT2D eigenvalue weighted by molar-refractivity contribution is 0.0755. The third-order valence-corrected chi connectivity index (χ3v) is 3.54. The molecule has 96 valence electrons. The van der Waals surface area contributed by atoms with E-state index in [1.807, 2.05) is 0 Å². The summed E-state index contributed by atoms with van der Waals surface area (Å²) >= 11 is 0. The summed E-state index contributed by atoms with van der Waals surface area (Å²) in [6.07, 6.45) is 2.49. The van der Waals surface area contributed by atoms with Gasteiger partial charge in [-0.1, -0.05) is 20.3 Å². The van der Waals surface area contributed by atoms with Gasteiger partial charge < -0.3 is 10.6 Å². The van der Waals surface area contributed by atoms with Gasteiger partial charge in [0.1, 0.15) is 0 Å². The van der Waals surface area contributed by atoms with Crippen molar-refractivity contribution in [3.63, 3.8) is 0 Å². The first-order valence-corrected chi connectivity index (χ1v) is 6.57. The van der Waals surface area contributed by atoms with E-state index < -0.39 is 0 Å². The maximum atomic E-state index is 5.85. The molecule has 0 radical (unpaired) electrons. The van der Waals surface area contributed by atoms with E-state index in [4.69, 9.17) is 5.73 Å². The summed E-state index contributed by atoms with van der Waals surface area (Å²) in [4.78, 5) is 2.37. The van der Waals surface area contributed by atoms with Gasteiger partial charge in [-0.3, -0.25) is 5.43 Å². The Labute approximate surface area is 100 Å². The Morgan fingerprint density at radius 3 is 2.38 bits per heavy atom. The molecular weight excluding hydrogens is 200 g/mol. The van der Waals surface area contributed by atoms with Crippen LogP contribution in [0.5, 0.6) is 0 Å². The van der Waals surface area contributed by atoms with Gasteiger partial charge in [-0.2, -0.15) is 0 Å². The van der Waals surface area contributed by atoms with Gasteiger partial charge in [-0.05, 0) is 19.4 Å². The molecule has 16 heavy (non-hydrogen) atoms. The van der Waals surface area contributed by atoms with Crippen LogP contribution in [0.2, 0.25) is 0 Å². The van der Waals surface area contributed by atoms with Crippen molar-refractivity contribution in [3.05, 3.63) is 0 Å². The van der Waals surface area contributed by atoms with E-state index in [1.165, 1.54) is 12.8 Å². The van der Waals surface area contributed by atoms with Crippen molar-refractivity contribution in [2.45, 2.75) is 32.7 Å². The molecule has 1 rings (SSSR count). The van der Waals surface area contributed by atoms with Crippen LogP contribution in [0.3, 0.4) is 0 Å². The summed E-state index contributed by atoms with van der Waals surface area (Å²) in [7, 11) is 2.18. The first-order chi connectivity index (χ1) is 7.67. The molecule has 2 unspecified atom stereocenters. The minimum absolute atomic E-state index is 0.434. The molecule has 0 amide bonds. The molecule has 1 heterocycles. The van der Waals surface area contributed by atoms with Gasteiger partial charge in [0.2, 0.25) is 0 Å². The number of nitrogens with zero attached hydrogens (tertiary/aromatic N) is 2. The topological polar surface area (TPSA) is 44.5 Å². The lowest BCUT2D eigenvalue weighted by atomic mass is 9.97. The van der Waals surface area contributed by atoms with Gasteiger partial charge in [0.05, 0.1) is 0 Å². The standard InChI is InChI=1S/C12H28N4/c1-4-5-11(2)12(10-13)14-16-8-6-15(3)7-9-16/h11-12,14H,4-10,13H2,1-3H3. The minimum atomic E-state index is 0.434. The lowest BCUT2D eigenvalue weighted by Gasteiger charge is -2.36. The van der Waals surface area contributed by atoms with Crippen LogP contribution >= 0.6 is 0 Å². The fourth-order valence-corrected chi connectivity index (χ4v) is 2.24. The lowest BCUT2D eigenvalue weighted by Crippen LogP contribution is -2.56. The molecule has 4 nitrogen and oxygen atoms in total. The Kier molecular flexibility index (Phi) is 6.28. The van der Waals surface area contributed by atoms with Crippen molar-refractivity contribution in [2.75, 3.05) is 39.8 Å². The second-order valence-corrected chi connectivity index (χ2v) is 5.03. The van der Waals surface area contributed by atoms with Crippen LogP contribution in [-0.2, 0) is 0 Å². The molecule has 0 aliphatic carbocycles. The molecule has 1 saturated heterocycles. The van der Waals surface area contributed by atoms with E-state index in [-0.39, 0.29) is 0 Å². The number of piperazine rings is 1. The molecule has 0 spiro atoms. The van der Waals surface area contributed by atoms with Crippen molar-refractivity contribution >= 4 is 0 Å². The summed E-state index contributed by atoms with van der Waals surface area (Å²) in [6.45, 7) is 9.76. The molecule has 0 saturated carbocycles. The van der Waals surface area contributed by atoms with Crippen LogP contribution in [0.4, 0.5) is 0 Å². The molecule has 0 aromatic carbocycles. The second-order valence-electron chi connectivity index (χ2n) is 5.03. The summed E-state index contributed by atoms with van der Waals surface area (Å²) in [5, 5.41) is 2.34. The van der Waals surface area contributed by atoms with Crippen LogP contribution in [0.1, 0.15) is 26.7 Å². The largest absolute Gasteiger partial charge is 0.329 e. The molecule has 1 aliphatic rings. The first kappa shape index (κ1) is 13.9. The molecule has 2 atom stereocenters. The summed E-state index contributed by atoms with van der Waals surface area (Å²) in [5.74, 6) is 0.662. The average Bonchev–Trinajstić information content (AvgIpc) is 2.28. The van der Waals surface area contributed by atoms with Crippen molar-refractivity contribution in [3.8, 4) is 0 Å². The number of nitrogens with one attached hydrogen (secondary N) is 1. The van der Waals surface area contributed by atoms with Crippen LogP contribution in [-0.4, -0.2) is 55.7 Å². The average molecular weight is 228 g/mol. The molecule has 1 fully saturated rings. The normalized spacial score (nSPS) is 23.2. The van der Waals surface area contributed by atoms with Gasteiger partial charge in [0.15, 0.2) is 0 Å². The molecule has 3 N–H and O–H groups in total. The van der Waals surface area contributed by atoms with Gasteiger partial charge in [0.25, 0.3) is 0 Å². The zero-order valence-corrected chi connectivity index (χ0v) is 11.1. The summed E-state index contributed by atoms with van der Waals surface area (Å²) < 4.78 is 0. The van der Waals surface area contributed by atoms with Crippen molar-refractivity contribution in [1.29, 1.82) is 0 Å². The van der Waals surface area contributed by atoms with E-state index in [1.54, 1.807) is 0 Å². The number of hydrogen-bond acceptors (Lipinski definition) is 4. The van der Waals surface area contributed by atoms with Crippen LogP contribution in [0.15, 0.2) is 0 Å². The summed E-state index contributed by atoms with van der Waals surface area (Å²) in [6, 6.07) is 0.434. The third kappa shape index (κ3) is 4.37. The van der Waals surface area contributed by atoms with Gasteiger partial charge in [-0.15, -0.1) is 0 Å². The highest BCUT2D eigenvalue weighted by atomic mass is 15.5. The van der Waals surface area contributed by atoms with E-state index in [2.05, 4.69) is 36.2 Å². The SMILES string of the molecule is CCCC(C)C(CN)NN1CCN(C)CC1. The number of rotatable bonds is 6. The Balaban J connectivity index is 2.32. The predicted molar refractivity (Wildman–Crippen MR) is 69.1 cm³/mol. The molecule has 0 bridgehead atoms. The Morgan fingerprint density at radius 1 is 1.25 bits per heavy atom. The van der Waals surface area contributed by atoms with E-state index in [0.717, 1.165) is 32.7 Å². The highest BCUT2D eigenvalue weighted by Gasteiger charge is 2.20. The van der Waals surface area contributed by atoms with Crippen LogP contribution in [0.25, 0.3) is 0 Å². The van der Waals surface area contributed by atoms with Crippen molar-refractivity contribution in [2.24, 2.45) is 11.7 Å². The molecule has 1 aliphatic heterocycles. The molecule has 0 aromatic rings. The number of hydrogen-bond donors (Lipinski definition) is 2. The van der Waals surface area contributed by atoms with E-state index >= 15 is 0 Å². The predicted octanol–water partition coefficient (Wildman–Crippen LogP) is 0.502. The highest BCUT2D eigenvalue weighted by molar-refractivity contribution is 4.75. The number of hydrazine groups is 1. The maximum absolute atomic E-state index is 5.85. The van der Waals surface area contributed by atoms with Crippen LogP contribution in [0, 0.1) is 5.92 Å². The minimum Gasteiger partial charge on any atom is -0.329 e. The smallest absolute Gasteiger partial charge is 0.0363 e. The van der Waals surface area contributed by atoms with Crippen LogP contribution < -0.4 is 11.2 Å². The van der Waals surface area contributed by atoms with Crippen molar-refractivity contribution < 1.29 is 0 Å². The Bertz CT molecular complexity index is 178. The molecular formula is C12H28N4. The molecule has 0 aromatic heterocycles. The van der Waals surface area contributed by atoms with E-state index in [0.29, 0.717) is 12.0 Å². The first-order valence-electron chi connectivity index (χ1n) is 6.57. The van der Waals surface area contributed by atoms with Gasteiger partial charge in [0, 0.05) is 38.8 Å². The fraction of sp³-hybridized carbons (Fsp3) is 1.00. The number of nitrogens with two attached hydrogens (primary N) is 1. The second kappa shape index (κ2) is 7.22. The number of likely N-dealkylation sites (N-methyl/N-ethyl adjacent to an activating group) is 1. The van der Waals surface area contributed by atoms with E-state index in [9.17, 15) is 0 Å². The zero-order valence-electron chi connectivity index (χ0n) is 11.1. The van der Waals surface area contributed by atoms with Gasteiger partial charge in [-0.25, -0.2) is 5.01 Å². The highest BCUT2D eigenvalue weighted by Crippen LogP contribution is 2.10. The summed E-state index contributed by atoms with van der Waals surface area (Å²) in [5.41, 5.74) is 9.44. The molecule has 4 heteroatoms.